The highest BCUT2D eigenvalue weighted by molar-refractivity contribution is 5.75. The number of esters is 1. The van der Waals surface area contributed by atoms with Gasteiger partial charge in [-0.15, -0.1) is 0 Å². The molecule has 0 aromatic rings. The molecule has 2 nitrogen and oxygen atoms in total. The van der Waals surface area contributed by atoms with Gasteiger partial charge in [-0.25, -0.2) is 0 Å². The van der Waals surface area contributed by atoms with Crippen LogP contribution in [0.4, 0.5) is 0 Å². The molecule has 0 amide bonds. The molecular weight excluding hydrogens is 188 g/mol. The van der Waals surface area contributed by atoms with Crippen LogP contribution in [-0.2, 0) is 9.53 Å². The first kappa shape index (κ1) is 12.5. The van der Waals surface area contributed by atoms with Crippen molar-refractivity contribution in [2.45, 2.75) is 52.9 Å². The van der Waals surface area contributed by atoms with Gasteiger partial charge in [0, 0.05) is 0 Å². The van der Waals surface area contributed by atoms with E-state index in [9.17, 15) is 4.79 Å². The second-order valence-electron chi connectivity index (χ2n) is 5.71. The Balaban J connectivity index is 2.43. The molecule has 1 aliphatic carbocycles. The lowest BCUT2D eigenvalue weighted by atomic mass is 9.74. The molecule has 0 atom stereocenters. The Morgan fingerprint density at radius 2 is 1.80 bits per heavy atom. The Morgan fingerprint density at radius 3 is 2.27 bits per heavy atom. The van der Waals surface area contributed by atoms with Gasteiger partial charge in [0.2, 0.25) is 0 Å². The molecule has 0 aromatic carbocycles. The lowest BCUT2D eigenvalue weighted by molar-refractivity contribution is -0.151. The first-order valence-corrected chi connectivity index (χ1v) is 6.04. The van der Waals surface area contributed by atoms with Crippen LogP contribution in [0.1, 0.15) is 52.9 Å². The van der Waals surface area contributed by atoms with Gasteiger partial charge in [0.25, 0.3) is 0 Å². The van der Waals surface area contributed by atoms with Gasteiger partial charge in [0.15, 0.2) is 0 Å². The Morgan fingerprint density at radius 1 is 1.27 bits per heavy atom. The molecule has 1 saturated carbocycles. The van der Waals surface area contributed by atoms with E-state index in [4.69, 9.17) is 4.74 Å². The maximum atomic E-state index is 11.5. The third kappa shape index (κ3) is 3.51. The zero-order chi connectivity index (χ0) is 11.5. The molecule has 0 radical (unpaired) electrons. The standard InChI is InChI=1S/C13H24O2/c1-10-5-7-11(8-6-10)9-13(2,3)12(14)15-4/h10-11H,5-9H2,1-4H3. The summed E-state index contributed by atoms with van der Waals surface area (Å²) >= 11 is 0. The average Bonchev–Trinajstić information content (AvgIpc) is 2.20. The molecule has 0 aromatic heterocycles. The Kier molecular flexibility index (Phi) is 4.18. The van der Waals surface area contributed by atoms with Gasteiger partial charge in [-0.1, -0.05) is 32.6 Å². The summed E-state index contributed by atoms with van der Waals surface area (Å²) in [5.41, 5.74) is -0.306. The van der Waals surface area contributed by atoms with Crippen molar-refractivity contribution in [3.05, 3.63) is 0 Å². The summed E-state index contributed by atoms with van der Waals surface area (Å²) in [7, 11) is 1.48. The zero-order valence-corrected chi connectivity index (χ0v) is 10.5. The molecule has 0 N–H and O–H groups in total. The topological polar surface area (TPSA) is 26.3 Å². The van der Waals surface area contributed by atoms with Crippen molar-refractivity contribution in [3.63, 3.8) is 0 Å². The Bertz CT molecular complexity index is 213. The lowest BCUT2D eigenvalue weighted by Crippen LogP contribution is -2.29. The minimum absolute atomic E-state index is 0.0684. The number of methoxy groups -OCH3 is 1. The third-order valence-corrected chi connectivity index (χ3v) is 3.67. The molecule has 88 valence electrons. The molecule has 1 fully saturated rings. The molecule has 0 aliphatic heterocycles. The largest absolute Gasteiger partial charge is 0.469 e. The van der Waals surface area contributed by atoms with Gasteiger partial charge in [-0.05, 0) is 32.1 Å². The maximum Gasteiger partial charge on any atom is 0.311 e. The number of carbonyl (C=O) groups is 1. The van der Waals surface area contributed by atoms with Crippen LogP contribution in [-0.4, -0.2) is 13.1 Å². The van der Waals surface area contributed by atoms with Crippen LogP contribution < -0.4 is 0 Å². The van der Waals surface area contributed by atoms with E-state index in [1.165, 1.54) is 32.8 Å². The van der Waals surface area contributed by atoms with E-state index in [0.717, 1.165) is 18.3 Å². The highest BCUT2D eigenvalue weighted by Gasteiger charge is 2.32. The van der Waals surface area contributed by atoms with Gasteiger partial charge in [0.1, 0.15) is 0 Å². The second-order valence-corrected chi connectivity index (χ2v) is 5.71. The fourth-order valence-electron chi connectivity index (χ4n) is 2.61. The van der Waals surface area contributed by atoms with E-state index < -0.39 is 0 Å². The highest BCUT2D eigenvalue weighted by atomic mass is 16.5. The SMILES string of the molecule is COC(=O)C(C)(C)CC1CCC(C)CC1. The van der Waals surface area contributed by atoms with E-state index in [0.29, 0.717) is 0 Å². The smallest absolute Gasteiger partial charge is 0.311 e. The van der Waals surface area contributed by atoms with Crippen LogP contribution in [0.15, 0.2) is 0 Å². The van der Waals surface area contributed by atoms with Crippen molar-refractivity contribution in [2.75, 3.05) is 7.11 Å². The predicted molar refractivity (Wildman–Crippen MR) is 61.5 cm³/mol. The van der Waals surface area contributed by atoms with E-state index in [1.807, 2.05) is 13.8 Å². The average molecular weight is 212 g/mol. The predicted octanol–water partition coefficient (Wildman–Crippen LogP) is 3.40. The molecule has 0 bridgehead atoms. The van der Waals surface area contributed by atoms with Crippen LogP contribution in [0.25, 0.3) is 0 Å². The summed E-state index contributed by atoms with van der Waals surface area (Å²) in [6.07, 6.45) is 6.18. The Hall–Kier alpha value is -0.530. The van der Waals surface area contributed by atoms with E-state index in [1.54, 1.807) is 0 Å². The van der Waals surface area contributed by atoms with Crippen molar-refractivity contribution in [3.8, 4) is 0 Å². The molecule has 2 heteroatoms. The molecule has 0 heterocycles. The monoisotopic (exact) mass is 212 g/mol. The van der Waals surface area contributed by atoms with Crippen LogP contribution in [0.5, 0.6) is 0 Å². The quantitative estimate of drug-likeness (QED) is 0.670. The van der Waals surface area contributed by atoms with Gasteiger partial charge >= 0.3 is 5.97 Å². The maximum absolute atomic E-state index is 11.5. The van der Waals surface area contributed by atoms with Crippen LogP contribution in [0.2, 0.25) is 0 Å². The first-order chi connectivity index (χ1) is 6.95. The molecule has 1 aliphatic rings. The summed E-state index contributed by atoms with van der Waals surface area (Å²) in [4.78, 5) is 11.5. The van der Waals surface area contributed by atoms with E-state index in [-0.39, 0.29) is 11.4 Å². The minimum Gasteiger partial charge on any atom is -0.469 e. The Labute approximate surface area is 93.4 Å². The van der Waals surface area contributed by atoms with Gasteiger partial charge in [0.05, 0.1) is 12.5 Å². The van der Waals surface area contributed by atoms with Gasteiger partial charge < -0.3 is 4.74 Å². The van der Waals surface area contributed by atoms with Crippen molar-refractivity contribution >= 4 is 5.97 Å². The van der Waals surface area contributed by atoms with Crippen LogP contribution in [0.3, 0.4) is 0 Å². The van der Waals surface area contributed by atoms with Crippen LogP contribution >= 0.6 is 0 Å². The number of hydrogen-bond acceptors (Lipinski definition) is 2. The summed E-state index contributed by atoms with van der Waals surface area (Å²) in [5, 5.41) is 0. The van der Waals surface area contributed by atoms with E-state index >= 15 is 0 Å². The number of carbonyl (C=O) groups excluding carboxylic acids is 1. The third-order valence-electron chi connectivity index (χ3n) is 3.67. The molecular formula is C13H24O2. The van der Waals surface area contributed by atoms with Gasteiger partial charge in [-0.2, -0.15) is 0 Å². The van der Waals surface area contributed by atoms with E-state index in [2.05, 4.69) is 6.92 Å². The second kappa shape index (κ2) is 5.00. The summed E-state index contributed by atoms with van der Waals surface area (Å²) in [5.74, 6) is 1.53. The highest BCUT2D eigenvalue weighted by Crippen LogP contribution is 2.36. The first-order valence-electron chi connectivity index (χ1n) is 6.04. The van der Waals surface area contributed by atoms with Crippen molar-refractivity contribution < 1.29 is 9.53 Å². The summed E-state index contributed by atoms with van der Waals surface area (Å²) in [6, 6.07) is 0. The van der Waals surface area contributed by atoms with Crippen molar-refractivity contribution in [2.24, 2.45) is 17.3 Å². The summed E-state index contributed by atoms with van der Waals surface area (Å²) in [6.45, 7) is 6.31. The fourth-order valence-corrected chi connectivity index (χ4v) is 2.61. The number of ether oxygens (including phenoxy) is 1. The summed E-state index contributed by atoms with van der Waals surface area (Å²) < 4.78 is 4.84. The minimum atomic E-state index is -0.306. The molecule has 0 spiro atoms. The number of hydrogen-bond donors (Lipinski definition) is 0. The van der Waals surface area contributed by atoms with Crippen molar-refractivity contribution in [1.29, 1.82) is 0 Å². The lowest BCUT2D eigenvalue weighted by Gasteiger charge is -2.31. The zero-order valence-electron chi connectivity index (χ0n) is 10.5. The normalized spacial score (nSPS) is 27.5. The molecule has 0 saturated heterocycles. The molecule has 0 unspecified atom stereocenters. The van der Waals surface area contributed by atoms with Gasteiger partial charge in [-0.3, -0.25) is 4.79 Å². The fraction of sp³-hybridized carbons (Fsp3) is 0.923. The van der Waals surface area contributed by atoms with Crippen LogP contribution in [0, 0.1) is 17.3 Å². The molecule has 1 rings (SSSR count). The van der Waals surface area contributed by atoms with Crippen molar-refractivity contribution in [1.82, 2.24) is 0 Å². The number of rotatable bonds is 3. The molecule has 15 heavy (non-hydrogen) atoms.